The van der Waals surface area contributed by atoms with Crippen molar-refractivity contribution in [1.82, 2.24) is 15.0 Å². The number of nitrogens with one attached hydrogen (secondary N) is 1. The van der Waals surface area contributed by atoms with Crippen LogP contribution in [0.5, 0.6) is 6.01 Å². The van der Waals surface area contributed by atoms with Crippen molar-refractivity contribution in [2.45, 2.75) is 39.5 Å². The monoisotopic (exact) mass is 280 g/mol. The number of aromatic nitrogens is 3. The third-order valence-corrected chi connectivity index (χ3v) is 3.64. The van der Waals surface area contributed by atoms with Gasteiger partial charge in [0, 0.05) is 13.1 Å². The number of hydrazine groups is 1. The lowest BCUT2D eigenvalue weighted by molar-refractivity contribution is 0.291. The lowest BCUT2D eigenvalue weighted by atomic mass is 9.95. The van der Waals surface area contributed by atoms with Gasteiger partial charge in [0.25, 0.3) is 0 Å². The summed E-state index contributed by atoms with van der Waals surface area (Å²) >= 11 is 0. The van der Waals surface area contributed by atoms with E-state index in [2.05, 4.69) is 32.2 Å². The highest BCUT2D eigenvalue weighted by Gasteiger charge is 2.21. The second-order valence-corrected chi connectivity index (χ2v) is 5.07. The lowest BCUT2D eigenvalue weighted by Crippen LogP contribution is -2.35. The minimum absolute atomic E-state index is 0.336. The van der Waals surface area contributed by atoms with Gasteiger partial charge < -0.3 is 9.64 Å². The molecular formula is C13H24N6O. The van der Waals surface area contributed by atoms with Crippen LogP contribution < -0.4 is 20.9 Å². The Morgan fingerprint density at radius 2 is 2.00 bits per heavy atom. The highest BCUT2D eigenvalue weighted by atomic mass is 16.5. The Bertz CT molecular complexity index is 419. The molecule has 1 aliphatic rings. The summed E-state index contributed by atoms with van der Waals surface area (Å²) in [5, 5.41) is 0. The average molecular weight is 280 g/mol. The maximum Gasteiger partial charge on any atom is 0.323 e. The average Bonchev–Trinajstić information content (AvgIpc) is 2.52. The first-order valence-electron chi connectivity index (χ1n) is 7.37. The van der Waals surface area contributed by atoms with Crippen LogP contribution in [0.4, 0.5) is 11.9 Å². The third-order valence-electron chi connectivity index (χ3n) is 3.64. The van der Waals surface area contributed by atoms with E-state index in [-0.39, 0.29) is 0 Å². The van der Waals surface area contributed by atoms with E-state index >= 15 is 0 Å². The Kier molecular flexibility index (Phi) is 5.34. The van der Waals surface area contributed by atoms with Gasteiger partial charge in [0.1, 0.15) is 0 Å². The Hall–Kier alpha value is -1.63. The molecule has 7 nitrogen and oxygen atoms in total. The first kappa shape index (κ1) is 14.8. The van der Waals surface area contributed by atoms with Crippen molar-refractivity contribution in [2.75, 3.05) is 30.0 Å². The molecule has 0 amide bonds. The summed E-state index contributed by atoms with van der Waals surface area (Å²) in [5.74, 6) is 7.22. The molecule has 0 spiro atoms. The van der Waals surface area contributed by atoms with Crippen LogP contribution in [-0.4, -0.2) is 34.6 Å². The highest BCUT2D eigenvalue weighted by molar-refractivity contribution is 5.38. The number of anilines is 2. The predicted octanol–water partition coefficient (Wildman–Crippen LogP) is 1.57. The lowest BCUT2D eigenvalue weighted by Gasteiger charge is -2.31. The van der Waals surface area contributed by atoms with Gasteiger partial charge in [-0.25, -0.2) is 5.84 Å². The maximum atomic E-state index is 5.49. The van der Waals surface area contributed by atoms with E-state index in [9.17, 15) is 0 Å². The van der Waals surface area contributed by atoms with Gasteiger partial charge in [-0.1, -0.05) is 20.3 Å². The number of nitrogens with zero attached hydrogens (tertiary/aromatic N) is 4. The minimum Gasteiger partial charge on any atom is -0.463 e. The number of nitrogen functional groups attached to an aromatic ring is 1. The number of hydrogen-bond acceptors (Lipinski definition) is 7. The predicted molar refractivity (Wildman–Crippen MR) is 78.7 cm³/mol. The van der Waals surface area contributed by atoms with E-state index in [0.29, 0.717) is 24.5 Å². The first-order chi connectivity index (χ1) is 9.76. The molecule has 1 aromatic heterocycles. The molecule has 112 valence electrons. The van der Waals surface area contributed by atoms with Crippen LogP contribution in [0.15, 0.2) is 0 Å². The molecule has 0 saturated carbocycles. The quantitative estimate of drug-likeness (QED) is 0.604. The van der Waals surface area contributed by atoms with Crippen molar-refractivity contribution in [3.8, 4) is 6.01 Å². The van der Waals surface area contributed by atoms with Gasteiger partial charge in [-0.15, -0.1) is 0 Å². The molecule has 20 heavy (non-hydrogen) atoms. The Morgan fingerprint density at radius 1 is 1.25 bits per heavy atom. The standard InChI is InChI=1S/C13H24N6O/c1-3-9-20-13-16-11(18-14)15-12(17-13)19-7-5-10(4-2)6-8-19/h10H,3-9,14H2,1-2H3,(H,15,16,17,18). The van der Waals surface area contributed by atoms with Crippen LogP contribution in [0.2, 0.25) is 0 Å². The van der Waals surface area contributed by atoms with Crippen LogP contribution in [0, 0.1) is 5.92 Å². The Morgan fingerprint density at radius 3 is 2.60 bits per heavy atom. The van der Waals surface area contributed by atoms with Gasteiger partial charge in [-0.05, 0) is 25.2 Å². The van der Waals surface area contributed by atoms with Gasteiger partial charge in [0.15, 0.2) is 0 Å². The van der Waals surface area contributed by atoms with Gasteiger partial charge in [0.05, 0.1) is 6.61 Å². The number of ether oxygens (including phenoxy) is 1. The molecule has 1 fully saturated rings. The number of piperidine rings is 1. The normalized spacial score (nSPS) is 16.2. The zero-order valence-corrected chi connectivity index (χ0v) is 12.3. The van der Waals surface area contributed by atoms with Crippen LogP contribution >= 0.6 is 0 Å². The van der Waals surface area contributed by atoms with E-state index in [4.69, 9.17) is 10.6 Å². The highest BCUT2D eigenvalue weighted by Crippen LogP contribution is 2.24. The Labute approximate surface area is 119 Å². The summed E-state index contributed by atoms with van der Waals surface area (Å²) < 4.78 is 5.49. The summed E-state index contributed by atoms with van der Waals surface area (Å²) in [4.78, 5) is 15.0. The van der Waals surface area contributed by atoms with Crippen molar-refractivity contribution >= 4 is 11.9 Å². The van der Waals surface area contributed by atoms with Gasteiger partial charge in [-0.2, -0.15) is 15.0 Å². The fourth-order valence-corrected chi connectivity index (χ4v) is 2.35. The zero-order chi connectivity index (χ0) is 14.4. The van der Waals surface area contributed by atoms with Crippen molar-refractivity contribution in [3.05, 3.63) is 0 Å². The molecule has 0 aromatic carbocycles. The van der Waals surface area contributed by atoms with E-state index in [0.717, 1.165) is 25.4 Å². The summed E-state index contributed by atoms with van der Waals surface area (Å²) in [5.41, 5.74) is 2.47. The molecule has 2 rings (SSSR count). The second-order valence-electron chi connectivity index (χ2n) is 5.07. The SMILES string of the molecule is CCCOc1nc(NN)nc(N2CCC(CC)CC2)n1. The molecule has 7 heteroatoms. The fourth-order valence-electron chi connectivity index (χ4n) is 2.35. The molecule has 0 radical (unpaired) electrons. The van der Waals surface area contributed by atoms with Crippen LogP contribution in [0.1, 0.15) is 39.5 Å². The number of rotatable bonds is 6. The molecule has 1 aliphatic heterocycles. The Balaban J connectivity index is 2.10. The zero-order valence-electron chi connectivity index (χ0n) is 12.3. The van der Waals surface area contributed by atoms with Crippen LogP contribution in [0.25, 0.3) is 0 Å². The molecule has 0 unspecified atom stereocenters. The third kappa shape index (κ3) is 3.69. The molecule has 0 atom stereocenters. The van der Waals surface area contributed by atoms with Crippen molar-refractivity contribution in [1.29, 1.82) is 0 Å². The number of nitrogens with two attached hydrogens (primary N) is 1. The summed E-state index contributed by atoms with van der Waals surface area (Å²) in [6, 6.07) is 0.336. The summed E-state index contributed by atoms with van der Waals surface area (Å²) in [6.07, 6.45) is 4.51. The van der Waals surface area contributed by atoms with Crippen molar-refractivity contribution in [2.24, 2.45) is 11.8 Å². The summed E-state index contributed by atoms with van der Waals surface area (Å²) in [6.45, 7) is 6.82. The van der Waals surface area contributed by atoms with E-state index in [1.807, 2.05) is 6.92 Å². The molecule has 1 saturated heterocycles. The molecule has 0 aliphatic carbocycles. The van der Waals surface area contributed by atoms with Crippen molar-refractivity contribution in [3.63, 3.8) is 0 Å². The molecular weight excluding hydrogens is 256 g/mol. The number of hydrogen-bond donors (Lipinski definition) is 2. The fraction of sp³-hybridized carbons (Fsp3) is 0.769. The molecule has 1 aromatic rings. The summed E-state index contributed by atoms with van der Waals surface area (Å²) in [7, 11) is 0. The van der Waals surface area contributed by atoms with E-state index in [1.54, 1.807) is 0 Å². The van der Waals surface area contributed by atoms with Crippen molar-refractivity contribution < 1.29 is 4.74 Å². The topological polar surface area (TPSA) is 89.2 Å². The smallest absolute Gasteiger partial charge is 0.323 e. The molecule has 2 heterocycles. The van der Waals surface area contributed by atoms with Gasteiger partial charge in [0.2, 0.25) is 11.9 Å². The largest absolute Gasteiger partial charge is 0.463 e. The van der Waals surface area contributed by atoms with E-state index in [1.165, 1.54) is 19.3 Å². The maximum absolute atomic E-state index is 5.49. The molecule has 3 N–H and O–H groups in total. The van der Waals surface area contributed by atoms with E-state index < -0.39 is 0 Å². The van der Waals surface area contributed by atoms with Gasteiger partial charge >= 0.3 is 6.01 Å². The first-order valence-corrected chi connectivity index (χ1v) is 7.37. The minimum atomic E-state index is 0.336. The molecule has 0 bridgehead atoms. The van der Waals surface area contributed by atoms with Crippen LogP contribution in [-0.2, 0) is 0 Å². The van der Waals surface area contributed by atoms with Crippen LogP contribution in [0.3, 0.4) is 0 Å². The second kappa shape index (κ2) is 7.23. The van der Waals surface area contributed by atoms with Gasteiger partial charge in [-0.3, -0.25) is 5.43 Å².